The number of hydrogen-bond donors (Lipinski definition) is 1. The van der Waals surface area contributed by atoms with E-state index in [1.54, 1.807) is 6.08 Å². The van der Waals surface area contributed by atoms with Gasteiger partial charge in [-0.3, -0.25) is 14.1 Å². The van der Waals surface area contributed by atoms with Gasteiger partial charge in [-0.1, -0.05) is 117 Å². The van der Waals surface area contributed by atoms with E-state index < -0.39 is 33.7 Å². The fraction of sp³-hybridized carbons (Fsp3) is 0.852. The first-order valence-corrected chi connectivity index (χ1v) is 15.3. The molecule has 0 aliphatic heterocycles. The molecule has 1 unspecified atom stereocenters. The third-order valence-corrected chi connectivity index (χ3v) is 7.08. The summed E-state index contributed by atoms with van der Waals surface area (Å²) < 4.78 is 41.9. The number of esters is 2. The summed E-state index contributed by atoms with van der Waals surface area (Å²) in [5, 5.41) is -1.96. The number of allylic oxidation sites excluding steroid dienone is 1. The summed E-state index contributed by atoms with van der Waals surface area (Å²) in [5.74, 6) is -2.05. The van der Waals surface area contributed by atoms with Gasteiger partial charge in [0.15, 0.2) is 5.25 Å². The lowest BCUT2D eigenvalue weighted by Gasteiger charge is -2.12. The summed E-state index contributed by atoms with van der Waals surface area (Å²) >= 11 is 0. The number of rotatable bonds is 24. The zero-order valence-corrected chi connectivity index (χ0v) is 23.0. The molecule has 0 aromatic heterocycles. The Kier molecular flexibility index (Phi) is 22.1. The van der Waals surface area contributed by atoms with Crippen molar-refractivity contribution in [1.82, 2.24) is 0 Å². The lowest BCUT2D eigenvalue weighted by molar-refractivity contribution is -0.147. The van der Waals surface area contributed by atoms with Crippen LogP contribution in [-0.2, 0) is 29.2 Å². The Morgan fingerprint density at radius 2 is 1.17 bits per heavy atom. The van der Waals surface area contributed by atoms with Crippen molar-refractivity contribution in [2.45, 2.75) is 141 Å². The van der Waals surface area contributed by atoms with E-state index in [4.69, 9.17) is 9.47 Å². The number of hydrogen-bond acceptors (Lipinski definition) is 6. The minimum absolute atomic E-state index is 0.0637. The van der Waals surface area contributed by atoms with Crippen molar-refractivity contribution in [3.63, 3.8) is 0 Å². The van der Waals surface area contributed by atoms with Crippen LogP contribution in [0.3, 0.4) is 0 Å². The van der Waals surface area contributed by atoms with E-state index in [-0.39, 0.29) is 6.61 Å². The lowest BCUT2D eigenvalue weighted by atomic mass is 10.0. The minimum Gasteiger partial charge on any atom is -0.465 e. The van der Waals surface area contributed by atoms with Gasteiger partial charge in [0.2, 0.25) is 0 Å². The van der Waals surface area contributed by atoms with Crippen LogP contribution in [0.1, 0.15) is 136 Å². The fourth-order valence-corrected chi connectivity index (χ4v) is 4.48. The molecule has 0 aromatic rings. The molecule has 206 valence electrons. The number of carbonyl (C=O) groups excluding carboxylic acids is 2. The van der Waals surface area contributed by atoms with Gasteiger partial charge < -0.3 is 9.47 Å². The summed E-state index contributed by atoms with van der Waals surface area (Å²) in [6.07, 6.45) is 23.6. The van der Waals surface area contributed by atoms with Crippen LogP contribution in [0.4, 0.5) is 0 Å². The topological polar surface area (TPSA) is 107 Å². The zero-order chi connectivity index (χ0) is 26.2. The minimum atomic E-state index is -4.76. The van der Waals surface area contributed by atoms with Crippen LogP contribution in [0, 0.1) is 0 Å². The van der Waals surface area contributed by atoms with E-state index >= 15 is 0 Å². The smallest absolute Gasteiger partial charge is 0.327 e. The number of ether oxygens (including phenoxy) is 2. The molecule has 0 rings (SSSR count). The molecular formula is C27H50O7S. The van der Waals surface area contributed by atoms with E-state index in [9.17, 15) is 22.6 Å². The molecule has 0 amide bonds. The Bertz CT molecular complexity index is 658. The maximum Gasteiger partial charge on any atom is 0.327 e. The van der Waals surface area contributed by atoms with Gasteiger partial charge in [0.1, 0.15) is 0 Å². The molecule has 7 nitrogen and oxygen atoms in total. The molecule has 0 spiro atoms. The van der Waals surface area contributed by atoms with Crippen LogP contribution >= 0.6 is 0 Å². The van der Waals surface area contributed by atoms with Gasteiger partial charge in [0, 0.05) is 0 Å². The maximum absolute atomic E-state index is 12.0. The first kappa shape index (κ1) is 33.6. The maximum atomic E-state index is 12.0. The normalized spacial score (nSPS) is 12.7. The van der Waals surface area contributed by atoms with Crippen molar-refractivity contribution in [1.29, 1.82) is 0 Å². The average Bonchev–Trinajstić information content (AvgIpc) is 2.81. The lowest BCUT2D eigenvalue weighted by Crippen LogP contribution is -2.34. The van der Waals surface area contributed by atoms with E-state index in [2.05, 4.69) is 6.92 Å². The standard InChI is InChI=1S/C27H50O7S/c1-3-5-7-8-9-10-11-12-13-14-15-16-17-18-19-20-21-23-34-27(29)25(35(30,31)32)24-26(28)33-22-6-4-2/h6,22,25H,3-5,7-21,23-24H2,1-2H3,(H,30,31,32)/b22-6+. The molecule has 0 aromatic carbocycles. The molecule has 0 bridgehead atoms. The monoisotopic (exact) mass is 518 g/mol. The molecule has 0 aliphatic rings. The molecule has 1 N–H and O–H groups in total. The first-order valence-electron chi connectivity index (χ1n) is 13.8. The van der Waals surface area contributed by atoms with Crippen molar-refractivity contribution in [3.05, 3.63) is 12.3 Å². The molecule has 0 radical (unpaired) electrons. The summed E-state index contributed by atoms with van der Waals surface area (Å²) in [6.45, 7) is 4.15. The van der Waals surface area contributed by atoms with Crippen LogP contribution in [0.15, 0.2) is 12.3 Å². The molecule has 0 saturated carbocycles. The van der Waals surface area contributed by atoms with Crippen molar-refractivity contribution in [3.8, 4) is 0 Å². The molecule has 0 saturated heterocycles. The fourth-order valence-electron chi connectivity index (χ4n) is 3.82. The second kappa shape index (κ2) is 23.0. The Hall–Kier alpha value is -1.41. The van der Waals surface area contributed by atoms with E-state index in [0.29, 0.717) is 12.8 Å². The number of unbranched alkanes of at least 4 members (excludes halogenated alkanes) is 16. The molecule has 0 aliphatic carbocycles. The summed E-state index contributed by atoms with van der Waals surface area (Å²) in [7, 11) is -4.76. The van der Waals surface area contributed by atoms with Gasteiger partial charge in [-0.25, -0.2) is 0 Å². The Balaban J connectivity index is 3.70. The molecular weight excluding hydrogens is 468 g/mol. The second-order valence-corrected chi connectivity index (χ2v) is 10.9. The zero-order valence-electron chi connectivity index (χ0n) is 22.2. The molecule has 1 atom stereocenters. The van der Waals surface area contributed by atoms with E-state index in [1.165, 1.54) is 83.5 Å². The van der Waals surface area contributed by atoms with Crippen LogP contribution in [0.25, 0.3) is 0 Å². The van der Waals surface area contributed by atoms with Gasteiger partial charge in [-0.2, -0.15) is 8.42 Å². The largest absolute Gasteiger partial charge is 0.465 e. The predicted octanol–water partition coefficient (Wildman–Crippen LogP) is 7.29. The second-order valence-electron chi connectivity index (χ2n) is 9.30. The van der Waals surface area contributed by atoms with Crippen molar-refractivity contribution >= 4 is 22.1 Å². The highest BCUT2D eigenvalue weighted by Crippen LogP contribution is 2.14. The Morgan fingerprint density at radius 3 is 1.57 bits per heavy atom. The third-order valence-electron chi connectivity index (χ3n) is 6.00. The van der Waals surface area contributed by atoms with Crippen molar-refractivity contribution in [2.24, 2.45) is 0 Å². The quantitative estimate of drug-likeness (QED) is 0.0618. The average molecular weight is 519 g/mol. The van der Waals surface area contributed by atoms with E-state index in [1.807, 2.05) is 6.92 Å². The van der Waals surface area contributed by atoms with Gasteiger partial charge in [-0.05, 0) is 18.9 Å². The highest BCUT2D eigenvalue weighted by atomic mass is 32.2. The summed E-state index contributed by atoms with van der Waals surface area (Å²) in [4.78, 5) is 23.7. The highest BCUT2D eigenvalue weighted by Gasteiger charge is 2.35. The van der Waals surface area contributed by atoms with Gasteiger partial charge in [0.25, 0.3) is 10.1 Å². The van der Waals surface area contributed by atoms with Crippen LogP contribution in [0.5, 0.6) is 0 Å². The van der Waals surface area contributed by atoms with Crippen LogP contribution in [-0.4, -0.2) is 36.8 Å². The Labute approximate surface area is 214 Å². The van der Waals surface area contributed by atoms with Crippen molar-refractivity contribution in [2.75, 3.05) is 6.61 Å². The SMILES string of the molecule is CC/C=C/OC(=O)CC(C(=O)OCCCCCCCCCCCCCCCCCCC)S(=O)(=O)O. The van der Waals surface area contributed by atoms with Gasteiger partial charge in [0.05, 0.1) is 19.3 Å². The Morgan fingerprint density at radius 1 is 0.743 bits per heavy atom. The molecule has 0 fully saturated rings. The van der Waals surface area contributed by atoms with Crippen LogP contribution in [0.2, 0.25) is 0 Å². The number of carbonyl (C=O) groups is 2. The van der Waals surface area contributed by atoms with Gasteiger partial charge >= 0.3 is 11.9 Å². The highest BCUT2D eigenvalue weighted by molar-refractivity contribution is 7.87. The predicted molar refractivity (Wildman–Crippen MR) is 141 cm³/mol. The van der Waals surface area contributed by atoms with Crippen LogP contribution < -0.4 is 0 Å². The third kappa shape index (κ3) is 21.6. The summed E-state index contributed by atoms with van der Waals surface area (Å²) in [5.41, 5.74) is 0. The van der Waals surface area contributed by atoms with Gasteiger partial charge in [-0.15, -0.1) is 0 Å². The van der Waals surface area contributed by atoms with Crippen molar-refractivity contribution < 1.29 is 32.0 Å². The molecule has 35 heavy (non-hydrogen) atoms. The summed E-state index contributed by atoms with van der Waals surface area (Å²) in [6, 6.07) is 0. The first-order chi connectivity index (χ1) is 16.8. The molecule has 0 heterocycles. The molecule has 8 heteroatoms. The van der Waals surface area contributed by atoms with E-state index in [0.717, 1.165) is 25.5 Å².